The molecular formula is C8H18N2. The summed E-state index contributed by atoms with van der Waals surface area (Å²) in [5.74, 6) is 0. The van der Waals surface area contributed by atoms with Gasteiger partial charge >= 0.3 is 0 Å². The molecule has 0 bridgehead atoms. The molecule has 0 saturated heterocycles. The fourth-order valence-electron chi connectivity index (χ4n) is 1.88. The van der Waals surface area contributed by atoms with Crippen LogP contribution >= 0.6 is 0 Å². The van der Waals surface area contributed by atoms with Gasteiger partial charge < -0.3 is 11.1 Å². The highest BCUT2D eigenvalue weighted by Crippen LogP contribution is 2.28. The molecule has 1 fully saturated rings. The molecule has 3 N–H and O–H groups in total. The minimum absolute atomic E-state index is 0.314. The molecule has 0 amide bonds. The second kappa shape index (κ2) is 3.35. The van der Waals surface area contributed by atoms with Crippen LogP contribution in [0.1, 0.15) is 32.6 Å². The first-order valence-corrected chi connectivity index (χ1v) is 4.28. The first kappa shape index (κ1) is 8.02. The fraction of sp³-hybridized carbons (Fsp3) is 1.00. The smallest absolute Gasteiger partial charge is 0.0303 e. The van der Waals surface area contributed by atoms with E-state index in [9.17, 15) is 0 Å². The van der Waals surface area contributed by atoms with Gasteiger partial charge in [0.2, 0.25) is 0 Å². The minimum atomic E-state index is 0.314. The molecular weight excluding hydrogens is 124 g/mol. The van der Waals surface area contributed by atoms with Gasteiger partial charge in [0.25, 0.3) is 0 Å². The van der Waals surface area contributed by atoms with E-state index in [1.54, 1.807) is 0 Å². The maximum atomic E-state index is 5.69. The van der Waals surface area contributed by atoms with Crippen molar-refractivity contribution < 1.29 is 0 Å². The molecule has 0 spiro atoms. The summed E-state index contributed by atoms with van der Waals surface area (Å²) in [5, 5.41) is 3.48. The van der Waals surface area contributed by atoms with Crippen LogP contribution in [0.15, 0.2) is 0 Å². The van der Waals surface area contributed by atoms with Crippen LogP contribution in [0.3, 0.4) is 0 Å². The third-order valence-electron chi connectivity index (χ3n) is 2.50. The Morgan fingerprint density at radius 2 is 2.00 bits per heavy atom. The van der Waals surface area contributed by atoms with E-state index in [-0.39, 0.29) is 0 Å². The molecule has 0 radical (unpaired) electrons. The minimum Gasteiger partial charge on any atom is -0.329 e. The summed E-state index contributed by atoms with van der Waals surface area (Å²) in [6.07, 6.45) is 5.25. The zero-order valence-corrected chi connectivity index (χ0v) is 6.82. The van der Waals surface area contributed by atoms with E-state index < -0.39 is 0 Å². The Morgan fingerprint density at radius 1 is 1.40 bits per heavy atom. The number of hydrogen-bond donors (Lipinski definition) is 2. The number of nitrogens with two attached hydrogens (primary N) is 1. The van der Waals surface area contributed by atoms with E-state index in [1.807, 2.05) is 0 Å². The normalized spacial score (nSPS) is 23.4. The van der Waals surface area contributed by atoms with Gasteiger partial charge in [-0.3, -0.25) is 0 Å². The summed E-state index contributed by atoms with van der Waals surface area (Å²) in [7, 11) is 0. The predicted molar refractivity (Wildman–Crippen MR) is 43.9 cm³/mol. The second-order valence-corrected chi connectivity index (χ2v) is 3.22. The Kier molecular flexibility index (Phi) is 2.69. The van der Waals surface area contributed by atoms with Crippen molar-refractivity contribution in [2.24, 2.45) is 5.73 Å². The lowest BCUT2D eigenvalue weighted by Gasteiger charge is -2.27. The van der Waals surface area contributed by atoms with Gasteiger partial charge in [0.05, 0.1) is 0 Å². The van der Waals surface area contributed by atoms with Crippen molar-refractivity contribution in [2.75, 3.05) is 13.1 Å². The van der Waals surface area contributed by atoms with Crippen molar-refractivity contribution in [1.82, 2.24) is 5.32 Å². The highest BCUT2D eigenvalue weighted by Gasteiger charge is 2.30. The number of nitrogens with one attached hydrogen (secondary N) is 1. The molecule has 1 aliphatic rings. The average Bonchev–Trinajstić information content (AvgIpc) is 2.39. The quantitative estimate of drug-likeness (QED) is 0.613. The van der Waals surface area contributed by atoms with E-state index in [2.05, 4.69) is 12.2 Å². The molecule has 0 unspecified atom stereocenters. The molecule has 1 aliphatic carbocycles. The Hall–Kier alpha value is -0.0800. The summed E-state index contributed by atoms with van der Waals surface area (Å²) in [5.41, 5.74) is 6.01. The van der Waals surface area contributed by atoms with E-state index in [1.165, 1.54) is 25.7 Å². The monoisotopic (exact) mass is 142 g/mol. The maximum absolute atomic E-state index is 5.69. The predicted octanol–water partition coefficient (Wildman–Crippen LogP) is 0.867. The van der Waals surface area contributed by atoms with Gasteiger partial charge in [-0.25, -0.2) is 0 Å². The molecule has 0 aliphatic heterocycles. The Bertz CT molecular complexity index is 95.4. The van der Waals surface area contributed by atoms with Crippen LogP contribution in [0, 0.1) is 0 Å². The van der Waals surface area contributed by atoms with Crippen LogP contribution in [0.4, 0.5) is 0 Å². The third kappa shape index (κ3) is 1.50. The lowest BCUT2D eigenvalue weighted by molar-refractivity contribution is 0.349. The number of rotatable bonds is 3. The van der Waals surface area contributed by atoms with Gasteiger partial charge in [0.1, 0.15) is 0 Å². The van der Waals surface area contributed by atoms with Crippen molar-refractivity contribution in [3.05, 3.63) is 0 Å². The molecule has 2 heteroatoms. The second-order valence-electron chi connectivity index (χ2n) is 3.22. The van der Waals surface area contributed by atoms with Crippen LogP contribution < -0.4 is 11.1 Å². The van der Waals surface area contributed by atoms with E-state index in [0.29, 0.717) is 5.54 Å². The standard InChI is InChI=1S/C8H18N2/c1-2-10-8(7-9)5-3-4-6-8/h10H,2-7,9H2,1H3. The molecule has 1 rings (SSSR count). The molecule has 0 heterocycles. The van der Waals surface area contributed by atoms with Gasteiger partial charge in [0.15, 0.2) is 0 Å². The molecule has 0 aromatic rings. The van der Waals surface area contributed by atoms with Crippen molar-refractivity contribution in [3.63, 3.8) is 0 Å². The Morgan fingerprint density at radius 3 is 2.40 bits per heavy atom. The average molecular weight is 142 g/mol. The molecule has 0 atom stereocenters. The molecule has 0 aromatic carbocycles. The van der Waals surface area contributed by atoms with Crippen molar-refractivity contribution in [2.45, 2.75) is 38.1 Å². The SMILES string of the molecule is CCNC1(CN)CCCC1. The first-order chi connectivity index (χ1) is 4.83. The van der Waals surface area contributed by atoms with Gasteiger partial charge in [-0.05, 0) is 19.4 Å². The number of likely N-dealkylation sites (N-methyl/N-ethyl adjacent to an activating group) is 1. The summed E-state index contributed by atoms with van der Waals surface area (Å²) >= 11 is 0. The Balaban J connectivity index is 2.41. The van der Waals surface area contributed by atoms with Gasteiger partial charge in [-0.15, -0.1) is 0 Å². The third-order valence-corrected chi connectivity index (χ3v) is 2.50. The largest absolute Gasteiger partial charge is 0.329 e. The van der Waals surface area contributed by atoms with E-state index in [0.717, 1.165) is 13.1 Å². The molecule has 60 valence electrons. The topological polar surface area (TPSA) is 38.0 Å². The lowest BCUT2D eigenvalue weighted by Crippen LogP contribution is -2.48. The maximum Gasteiger partial charge on any atom is 0.0303 e. The molecule has 1 saturated carbocycles. The van der Waals surface area contributed by atoms with Crippen molar-refractivity contribution in [3.8, 4) is 0 Å². The van der Waals surface area contributed by atoms with Crippen LogP contribution in [0.2, 0.25) is 0 Å². The van der Waals surface area contributed by atoms with Crippen LogP contribution in [0.25, 0.3) is 0 Å². The van der Waals surface area contributed by atoms with Gasteiger partial charge in [0, 0.05) is 12.1 Å². The van der Waals surface area contributed by atoms with E-state index in [4.69, 9.17) is 5.73 Å². The summed E-state index contributed by atoms with van der Waals surface area (Å²) in [4.78, 5) is 0. The zero-order valence-electron chi connectivity index (χ0n) is 6.82. The molecule has 10 heavy (non-hydrogen) atoms. The van der Waals surface area contributed by atoms with Crippen LogP contribution in [-0.2, 0) is 0 Å². The highest BCUT2D eigenvalue weighted by molar-refractivity contribution is 4.92. The lowest BCUT2D eigenvalue weighted by atomic mass is 9.98. The molecule has 0 aromatic heterocycles. The van der Waals surface area contributed by atoms with Crippen LogP contribution in [-0.4, -0.2) is 18.6 Å². The van der Waals surface area contributed by atoms with Crippen LogP contribution in [0.5, 0.6) is 0 Å². The fourth-order valence-corrected chi connectivity index (χ4v) is 1.88. The summed E-state index contributed by atoms with van der Waals surface area (Å²) in [6, 6.07) is 0. The van der Waals surface area contributed by atoms with Crippen molar-refractivity contribution >= 4 is 0 Å². The van der Waals surface area contributed by atoms with Gasteiger partial charge in [-0.2, -0.15) is 0 Å². The molecule has 2 nitrogen and oxygen atoms in total. The highest BCUT2D eigenvalue weighted by atomic mass is 15.0. The van der Waals surface area contributed by atoms with E-state index >= 15 is 0 Å². The van der Waals surface area contributed by atoms with Gasteiger partial charge in [-0.1, -0.05) is 19.8 Å². The first-order valence-electron chi connectivity index (χ1n) is 4.28. The zero-order chi connectivity index (χ0) is 7.45. The number of hydrogen-bond acceptors (Lipinski definition) is 2. The summed E-state index contributed by atoms with van der Waals surface area (Å²) < 4.78 is 0. The Labute approximate surface area is 63.2 Å². The van der Waals surface area contributed by atoms with Crippen molar-refractivity contribution in [1.29, 1.82) is 0 Å². The summed E-state index contributed by atoms with van der Waals surface area (Å²) in [6.45, 7) is 4.01.